The number of hydrogen-bond acceptors (Lipinski definition) is 2. The van der Waals surface area contributed by atoms with E-state index in [1.54, 1.807) is 12.2 Å². The zero-order valence-electron chi connectivity index (χ0n) is 5.01. The Morgan fingerprint density at radius 2 is 2.33 bits per heavy atom. The van der Waals surface area contributed by atoms with Crippen LogP contribution < -0.4 is 5.84 Å². The van der Waals surface area contributed by atoms with Gasteiger partial charge in [0, 0.05) is 5.38 Å². The van der Waals surface area contributed by atoms with Crippen molar-refractivity contribution in [1.82, 2.24) is 0 Å². The number of allylic oxidation sites excluding steroid dienone is 2. The lowest BCUT2D eigenvalue weighted by Crippen LogP contribution is -1.89. The van der Waals surface area contributed by atoms with E-state index in [-0.39, 0.29) is 10.5 Å². The van der Waals surface area contributed by atoms with Gasteiger partial charge in [-0.15, -0.1) is 11.6 Å². The van der Waals surface area contributed by atoms with Crippen molar-refractivity contribution in [3.8, 4) is 0 Å². The maximum absolute atomic E-state index is 5.54. The van der Waals surface area contributed by atoms with Gasteiger partial charge in [0.2, 0.25) is 0 Å². The van der Waals surface area contributed by atoms with E-state index in [0.717, 1.165) is 0 Å². The summed E-state index contributed by atoms with van der Waals surface area (Å²) in [5.41, 5.74) is 0. The minimum Gasteiger partial charge on any atom is -0.322 e. The van der Waals surface area contributed by atoms with Crippen LogP contribution in [-0.4, -0.2) is 10.5 Å². The number of nitrogens with zero attached hydrogens (tertiary/aromatic N) is 1. The van der Waals surface area contributed by atoms with Gasteiger partial charge in [0.25, 0.3) is 0 Å². The van der Waals surface area contributed by atoms with Crippen molar-refractivity contribution in [3.63, 3.8) is 0 Å². The highest BCUT2D eigenvalue weighted by molar-refractivity contribution is 6.68. The summed E-state index contributed by atoms with van der Waals surface area (Å²) in [6.07, 6.45) is 3.25. The maximum Gasteiger partial charge on any atom is 0.148 e. The Morgan fingerprint density at radius 1 is 1.78 bits per heavy atom. The molecule has 0 amide bonds. The number of hydrogen-bond donors (Lipinski definition) is 1. The van der Waals surface area contributed by atoms with E-state index in [2.05, 4.69) is 5.10 Å². The van der Waals surface area contributed by atoms with Gasteiger partial charge < -0.3 is 5.84 Å². The zero-order valence-corrected chi connectivity index (χ0v) is 6.52. The number of alkyl halides is 1. The number of halogens is 2. The molecule has 0 saturated heterocycles. The van der Waals surface area contributed by atoms with Crippen LogP contribution in [0.25, 0.3) is 0 Å². The summed E-state index contributed by atoms with van der Waals surface area (Å²) >= 11 is 10.9. The maximum atomic E-state index is 5.54. The molecule has 0 bridgehead atoms. The van der Waals surface area contributed by atoms with Gasteiger partial charge in [-0.25, -0.2) is 0 Å². The second kappa shape index (κ2) is 4.65. The standard InChI is InChI=1S/C5H8Cl2N2/c1-4(6)2-3-5(7)9-8/h2-4H,8H2,1H3/b3-2-,9-5+. The first-order chi connectivity index (χ1) is 4.16. The van der Waals surface area contributed by atoms with Crippen molar-refractivity contribution in [2.45, 2.75) is 12.3 Å². The van der Waals surface area contributed by atoms with Gasteiger partial charge in [-0.1, -0.05) is 17.7 Å². The van der Waals surface area contributed by atoms with Gasteiger partial charge in [0.15, 0.2) is 0 Å². The van der Waals surface area contributed by atoms with E-state index in [0.29, 0.717) is 0 Å². The quantitative estimate of drug-likeness (QED) is 0.289. The molecule has 0 aliphatic heterocycles. The summed E-state index contributed by atoms with van der Waals surface area (Å²) in [5, 5.41) is 3.41. The average Bonchev–Trinajstić information content (AvgIpc) is 1.83. The van der Waals surface area contributed by atoms with E-state index in [9.17, 15) is 0 Å². The van der Waals surface area contributed by atoms with Crippen molar-refractivity contribution in [3.05, 3.63) is 12.2 Å². The van der Waals surface area contributed by atoms with E-state index in [1.807, 2.05) is 6.92 Å². The molecule has 0 spiro atoms. The van der Waals surface area contributed by atoms with Gasteiger partial charge >= 0.3 is 0 Å². The molecule has 0 heterocycles. The molecule has 52 valence electrons. The van der Waals surface area contributed by atoms with Gasteiger partial charge in [0.1, 0.15) is 5.17 Å². The molecule has 2 nitrogen and oxygen atoms in total. The van der Waals surface area contributed by atoms with E-state index < -0.39 is 0 Å². The third kappa shape index (κ3) is 5.66. The van der Waals surface area contributed by atoms with Crippen LogP contribution in [0.4, 0.5) is 0 Å². The molecule has 0 aromatic carbocycles. The lowest BCUT2D eigenvalue weighted by atomic mass is 10.4. The van der Waals surface area contributed by atoms with Gasteiger partial charge in [-0.05, 0) is 13.0 Å². The Hall–Kier alpha value is -0.210. The smallest absolute Gasteiger partial charge is 0.148 e. The van der Waals surface area contributed by atoms with Gasteiger partial charge in [-0.3, -0.25) is 0 Å². The molecular weight excluding hydrogens is 159 g/mol. The first kappa shape index (κ1) is 8.79. The number of nitrogens with two attached hydrogens (primary N) is 1. The molecule has 0 saturated carbocycles. The van der Waals surface area contributed by atoms with Crippen LogP contribution in [0.2, 0.25) is 0 Å². The average molecular weight is 167 g/mol. The van der Waals surface area contributed by atoms with Crippen LogP contribution in [0.1, 0.15) is 6.92 Å². The summed E-state index contributed by atoms with van der Waals surface area (Å²) in [4.78, 5) is 0. The Morgan fingerprint density at radius 3 is 2.67 bits per heavy atom. The molecule has 0 aromatic rings. The van der Waals surface area contributed by atoms with E-state index in [4.69, 9.17) is 29.0 Å². The van der Waals surface area contributed by atoms with Crippen molar-refractivity contribution in [2.24, 2.45) is 10.9 Å². The highest BCUT2D eigenvalue weighted by Gasteiger charge is 1.87. The molecule has 4 heteroatoms. The molecule has 0 aliphatic carbocycles. The Labute approximate surface area is 64.3 Å². The first-order valence-electron chi connectivity index (χ1n) is 2.42. The molecule has 1 atom stereocenters. The lowest BCUT2D eigenvalue weighted by molar-refractivity contribution is 1.23. The van der Waals surface area contributed by atoms with Crippen LogP contribution >= 0.6 is 23.2 Å². The molecular formula is C5H8Cl2N2. The minimum absolute atomic E-state index is 0.0412. The fourth-order valence-corrected chi connectivity index (χ4v) is 0.401. The fraction of sp³-hybridized carbons (Fsp3) is 0.400. The third-order valence-electron chi connectivity index (χ3n) is 0.622. The Bertz CT molecular complexity index is 129. The summed E-state index contributed by atoms with van der Waals surface area (Å²) in [7, 11) is 0. The van der Waals surface area contributed by atoms with Gasteiger partial charge in [0.05, 0.1) is 0 Å². The molecule has 0 radical (unpaired) electrons. The van der Waals surface area contributed by atoms with Crippen LogP contribution in [0.5, 0.6) is 0 Å². The van der Waals surface area contributed by atoms with Crippen LogP contribution in [-0.2, 0) is 0 Å². The molecule has 1 unspecified atom stereocenters. The second-order valence-electron chi connectivity index (χ2n) is 1.49. The van der Waals surface area contributed by atoms with Gasteiger partial charge in [-0.2, -0.15) is 5.10 Å². The normalized spacial score (nSPS) is 16.6. The highest BCUT2D eigenvalue weighted by Crippen LogP contribution is 1.96. The number of rotatable bonds is 2. The largest absolute Gasteiger partial charge is 0.322 e. The Balaban J connectivity index is 3.71. The predicted octanol–water partition coefficient (Wildman–Crippen LogP) is 1.68. The fourth-order valence-electron chi connectivity index (χ4n) is 0.255. The third-order valence-corrected chi connectivity index (χ3v) is 0.991. The molecule has 9 heavy (non-hydrogen) atoms. The first-order valence-corrected chi connectivity index (χ1v) is 3.24. The summed E-state index contributed by atoms with van der Waals surface area (Å²) in [6.45, 7) is 1.82. The zero-order chi connectivity index (χ0) is 7.28. The van der Waals surface area contributed by atoms with E-state index >= 15 is 0 Å². The monoisotopic (exact) mass is 166 g/mol. The SMILES string of the molecule is CC(Cl)/C=C\C(Cl)=N/N. The lowest BCUT2D eigenvalue weighted by Gasteiger charge is -1.88. The van der Waals surface area contributed by atoms with Crippen LogP contribution in [0.15, 0.2) is 17.3 Å². The molecule has 0 aliphatic rings. The van der Waals surface area contributed by atoms with Crippen LogP contribution in [0.3, 0.4) is 0 Å². The topological polar surface area (TPSA) is 38.4 Å². The van der Waals surface area contributed by atoms with Crippen molar-refractivity contribution in [2.75, 3.05) is 0 Å². The van der Waals surface area contributed by atoms with Crippen molar-refractivity contribution in [1.29, 1.82) is 0 Å². The van der Waals surface area contributed by atoms with Crippen LogP contribution in [0, 0.1) is 0 Å². The molecule has 2 N–H and O–H groups in total. The minimum atomic E-state index is -0.0412. The second-order valence-corrected chi connectivity index (χ2v) is 2.56. The highest BCUT2D eigenvalue weighted by atomic mass is 35.5. The molecule has 0 aromatic heterocycles. The van der Waals surface area contributed by atoms with E-state index in [1.165, 1.54) is 0 Å². The van der Waals surface area contributed by atoms with Crippen molar-refractivity contribution >= 4 is 28.4 Å². The molecule has 0 rings (SSSR count). The summed E-state index contributed by atoms with van der Waals surface area (Å²) < 4.78 is 0. The summed E-state index contributed by atoms with van der Waals surface area (Å²) in [6, 6.07) is 0. The summed E-state index contributed by atoms with van der Waals surface area (Å²) in [5.74, 6) is 4.82. The number of hydrazone groups is 1. The predicted molar refractivity (Wildman–Crippen MR) is 41.9 cm³/mol. The molecule has 0 fully saturated rings. The Kier molecular flexibility index (Phi) is 4.54. The van der Waals surface area contributed by atoms with Crippen molar-refractivity contribution < 1.29 is 0 Å².